The predicted molar refractivity (Wildman–Crippen MR) is 129 cm³/mol. The molecule has 2 N–H and O–H groups in total. The first-order valence-corrected chi connectivity index (χ1v) is 12.6. The quantitative estimate of drug-likeness (QED) is 0.385. The molecule has 0 aliphatic heterocycles. The average Bonchev–Trinajstić information content (AvgIpc) is 3.45. The fourth-order valence-electron chi connectivity index (χ4n) is 3.58. The smallest absolute Gasteiger partial charge is 0.243 e. The molecule has 32 heavy (non-hydrogen) atoms. The summed E-state index contributed by atoms with van der Waals surface area (Å²) in [5.41, 5.74) is 2.12. The molecule has 0 fully saturated rings. The summed E-state index contributed by atoms with van der Waals surface area (Å²) in [5.74, 6) is -0.417. The summed E-state index contributed by atoms with van der Waals surface area (Å²) >= 11 is 7.47. The van der Waals surface area contributed by atoms with Gasteiger partial charge in [-0.3, -0.25) is 4.79 Å². The number of carbonyl (C=O) groups excluding carboxylic acids is 1. The summed E-state index contributed by atoms with van der Waals surface area (Å²) in [6.45, 7) is 0.0754. The van der Waals surface area contributed by atoms with Gasteiger partial charge in [-0.05, 0) is 47.3 Å². The molecule has 6 nitrogen and oxygen atoms in total. The van der Waals surface area contributed by atoms with E-state index in [2.05, 4.69) is 16.4 Å². The number of likely N-dealkylation sites (N-methyl/N-ethyl adjacent to an activating group) is 1. The van der Waals surface area contributed by atoms with Gasteiger partial charge in [0.15, 0.2) is 0 Å². The first-order chi connectivity index (χ1) is 15.4. The number of H-pyrrole nitrogens is 1. The monoisotopic (exact) mass is 487 g/mol. The van der Waals surface area contributed by atoms with Gasteiger partial charge < -0.3 is 10.3 Å². The molecule has 9 heteroatoms. The van der Waals surface area contributed by atoms with Crippen LogP contribution in [0.5, 0.6) is 0 Å². The Labute approximate surface area is 195 Å². The molecule has 166 valence electrons. The van der Waals surface area contributed by atoms with Crippen molar-refractivity contribution in [3.8, 4) is 0 Å². The van der Waals surface area contributed by atoms with E-state index >= 15 is 0 Å². The zero-order valence-corrected chi connectivity index (χ0v) is 19.7. The fourth-order valence-corrected chi connectivity index (χ4v) is 5.68. The number of hydrogen-bond donors (Lipinski definition) is 2. The molecule has 2 aromatic heterocycles. The average molecular weight is 488 g/mol. The highest BCUT2D eigenvalue weighted by Crippen LogP contribution is 2.32. The summed E-state index contributed by atoms with van der Waals surface area (Å²) in [6, 6.07) is 17.9. The number of amides is 1. The first kappa shape index (κ1) is 22.5. The largest absolute Gasteiger partial charge is 0.361 e. The van der Waals surface area contributed by atoms with Gasteiger partial charge in [-0.1, -0.05) is 35.9 Å². The molecular formula is C23H22ClN3O3S2. The van der Waals surface area contributed by atoms with Crippen LogP contribution in [0.3, 0.4) is 0 Å². The summed E-state index contributed by atoms with van der Waals surface area (Å²) in [5, 5.41) is 6.46. The number of nitrogens with one attached hydrogen (secondary N) is 2. The lowest BCUT2D eigenvalue weighted by atomic mass is 9.96. The standard InChI is InChI=1S/C23H22ClN3O3S2/c1-27(32(29,30)17-10-8-16(24)9-11-17)15-23(28)26-14-20(22-7-4-12-31-22)19-13-25-21-6-3-2-5-18(19)21/h2-13,20,25H,14-15H2,1H3,(H,26,28)/t20-/m1/s1. The van der Waals surface area contributed by atoms with Crippen molar-refractivity contribution >= 4 is 49.8 Å². The molecule has 0 aliphatic rings. The lowest BCUT2D eigenvalue weighted by Crippen LogP contribution is -2.39. The highest BCUT2D eigenvalue weighted by Gasteiger charge is 2.24. The number of benzene rings is 2. The van der Waals surface area contributed by atoms with E-state index in [4.69, 9.17) is 11.6 Å². The molecule has 0 unspecified atom stereocenters. The highest BCUT2D eigenvalue weighted by molar-refractivity contribution is 7.89. The minimum Gasteiger partial charge on any atom is -0.361 e. The molecule has 0 saturated carbocycles. The van der Waals surface area contributed by atoms with Gasteiger partial charge in [-0.2, -0.15) is 4.31 Å². The van der Waals surface area contributed by atoms with E-state index in [0.717, 1.165) is 25.6 Å². The second-order valence-corrected chi connectivity index (χ2v) is 10.8. The number of nitrogens with zero attached hydrogens (tertiary/aromatic N) is 1. The van der Waals surface area contributed by atoms with Gasteiger partial charge in [-0.25, -0.2) is 8.42 Å². The number of aromatic amines is 1. The second-order valence-electron chi connectivity index (χ2n) is 7.38. The molecule has 0 saturated heterocycles. The zero-order valence-electron chi connectivity index (χ0n) is 17.3. The van der Waals surface area contributed by atoms with Gasteiger partial charge in [0.1, 0.15) is 0 Å². The van der Waals surface area contributed by atoms with E-state index < -0.39 is 10.0 Å². The van der Waals surface area contributed by atoms with Crippen LogP contribution in [0.15, 0.2) is 77.1 Å². The number of thiophene rings is 1. The van der Waals surface area contributed by atoms with Crippen LogP contribution in [-0.2, 0) is 14.8 Å². The van der Waals surface area contributed by atoms with Crippen molar-refractivity contribution in [3.05, 3.63) is 87.7 Å². The van der Waals surface area contributed by atoms with Crippen molar-refractivity contribution in [2.45, 2.75) is 10.8 Å². The van der Waals surface area contributed by atoms with Crippen LogP contribution in [0.4, 0.5) is 0 Å². The summed E-state index contributed by atoms with van der Waals surface area (Å²) < 4.78 is 26.5. The van der Waals surface area contributed by atoms with Gasteiger partial charge in [0.2, 0.25) is 15.9 Å². The number of hydrogen-bond acceptors (Lipinski definition) is 4. The lowest BCUT2D eigenvalue weighted by Gasteiger charge is -2.19. The zero-order chi connectivity index (χ0) is 22.7. The van der Waals surface area contributed by atoms with Crippen molar-refractivity contribution < 1.29 is 13.2 Å². The van der Waals surface area contributed by atoms with E-state index in [0.29, 0.717) is 11.6 Å². The Bertz CT molecular complexity index is 1320. The number of fused-ring (bicyclic) bond motifs is 1. The van der Waals surface area contributed by atoms with Crippen molar-refractivity contribution in [1.82, 2.24) is 14.6 Å². The van der Waals surface area contributed by atoms with E-state index in [-0.39, 0.29) is 23.3 Å². The Hall–Kier alpha value is -2.65. The molecule has 1 atom stereocenters. The Morgan fingerprint density at radius 3 is 2.59 bits per heavy atom. The molecule has 0 spiro atoms. The molecule has 4 aromatic rings. The maximum atomic E-state index is 12.7. The van der Waals surface area contributed by atoms with Crippen molar-refractivity contribution in [2.24, 2.45) is 0 Å². The van der Waals surface area contributed by atoms with Gasteiger partial charge >= 0.3 is 0 Å². The van der Waals surface area contributed by atoms with Gasteiger partial charge in [0.25, 0.3) is 0 Å². The number of carbonyl (C=O) groups is 1. The number of aromatic nitrogens is 1. The van der Waals surface area contributed by atoms with Crippen molar-refractivity contribution in [3.63, 3.8) is 0 Å². The first-order valence-electron chi connectivity index (χ1n) is 9.94. The van der Waals surface area contributed by atoms with Gasteiger partial charge in [0, 0.05) is 46.5 Å². The van der Waals surface area contributed by atoms with Gasteiger partial charge in [0.05, 0.1) is 11.4 Å². The van der Waals surface area contributed by atoms with Crippen LogP contribution >= 0.6 is 22.9 Å². The molecule has 0 radical (unpaired) electrons. The number of para-hydroxylation sites is 1. The molecule has 1 amide bonds. The van der Waals surface area contributed by atoms with Crippen molar-refractivity contribution in [1.29, 1.82) is 0 Å². The van der Waals surface area contributed by atoms with E-state index in [1.807, 2.05) is 41.9 Å². The van der Waals surface area contributed by atoms with Crippen LogP contribution in [-0.4, -0.2) is 43.8 Å². The van der Waals surface area contributed by atoms with Crippen LogP contribution in [0.2, 0.25) is 5.02 Å². The molecule has 4 rings (SSSR count). The predicted octanol–water partition coefficient (Wildman–Crippen LogP) is 4.45. The maximum absolute atomic E-state index is 12.7. The van der Waals surface area contributed by atoms with E-state index in [1.54, 1.807) is 11.3 Å². The summed E-state index contributed by atoms with van der Waals surface area (Å²) in [7, 11) is -2.40. The topological polar surface area (TPSA) is 82.3 Å². The Kier molecular flexibility index (Phi) is 6.66. The Morgan fingerprint density at radius 2 is 1.88 bits per heavy atom. The van der Waals surface area contributed by atoms with Crippen LogP contribution in [0.1, 0.15) is 16.4 Å². The molecule has 2 aromatic carbocycles. The Morgan fingerprint density at radius 1 is 1.12 bits per heavy atom. The van der Waals surface area contributed by atoms with Gasteiger partial charge in [-0.15, -0.1) is 11.3 Å². The van der Waals surface area contributed by atoms with E-state index in [9.17, 15) is 13.2 Å². The third-order valence-electron chi connectivity index (χ3n) is 5.27. The molecular weight excluding hydrogens is 466 g/mol. The fraction of sp³-hybridized carbons (Fsp3) is 0.174. The van der Waals surface area contributed by atoms with Crippen molar-refractivity contribution in [2.75, 3.05) is 20.1 Å². The molecule has 0 bridgehead atoms. The maximum Gasteiger partial charge on any atom is 0.243 e. The van der Waals surface area contributed by atoms with Crippen LogP contribution in [0, 0.1) is 0 Å². The number of sulfonamides is 1. The minimum atomic E-state index is -3.79. The second kappa shape index (κ2) is 9.46. The van der Waals surface area contributed by atoms with Crippen LogP contribution < -0.4 is 5.32 Å². The lowest BCUT2D eigenvalue weighted by molar-refractivity contribution is -0.121. The van der Waals surface area contributed by atoms with Crippen LogP contribution in [0.25, 0.3) is 10.9 Å². The molecule has 2 heterocycles. The molecule has 0 aliphatic carbocycles. The SMILES string of the molecule is CN(CC(=O)NC[C@@H](c1cccs1)c1c[nH]c2ccccc12)S(=O)(=O)c1ccc(Cl)cc1. The Balaban J connectivity index is 1.48. The minimum absolute atomic E-state index is 0.0479. The summed E-state index contributed by atoms with van der Waals surface area (Å²) in [4.78, 5) is 17.2. The normalized spacial score (nSPS) is 12.8. The third kappa shape index (κ3) is 4.73. The number of rotatable bonds is 8. The van der Waals surface area contributed by atoms with E-state index in [1.165, 1.54) is 31.3 Å². The summed E-state index contributed by atoms with van der Waals surface area (Å²) in [6.07, 6.45) is 1.97. The number of halogens is 1. The highest BCUT2D eigenvalue weighted by atomic mass is 35.5. The third-order valence-corrected chi connectivity index (χ3v) is 8.33.